The second-order valence-corrected chi connectivity index (χ2v) is 6.21. The molecule has 1 heterocycles. The molecule has 1 unspecified atom stereocenters. The van der Waals surface area contributed by atoms with Crippen molar-refractivity contribution in [1.29, 1.82) is 0 Å². The van der Waals surface area contributed by atoms with Crippen LogP contribution in [0.15, 0.2) is 28.8 Å². The van der Waals surface area contributed by atoms with Crippen molar-refractivity contribution in [2.75, 3.05) is 6.61 Å². The number of ether oxygens (including phenoxy) is 2. The molecule has 6 heteroatoms. The van der Waals surface area contributed by atoms with Crippen LogP contribution in [0.5, 0.6) is 5.75 Å². The molecule has 124 valence electrons. The Hall–Kier alpha value is -2.37. The van der Waals surface area contributed by atoms with Gasteiger partial charge in [-0.2, -0.15) is 4.98 Å². The zero-order valence-corrected chi connectivity index (χ0v) is 14.1. The standard InChI is InChI=1S/C17H22N2O4/c1-6-21-13-9-7-12(8-10-13)15(20)22-11(2)14-18-16(19-23-14)17(3,4)5/h7-11H,6H2,1-5H3. The van der Waals surface area contributed by atoms with Gasteiger partial charge in [-0.1, -0.05) is 25.9 Å². The largest absolute Gasteiger partial charge is 0.494 e. The fourth-order valence-electron chi connectivity index (χ4n) is 1.84. The Morgan fingerprint density at radius 1 is 1.26 bits per heavy atom. The third-order valence-corrected chi connectivity index (χ3v) is 3.15. The first-order valence-electron chi connectivity index (χ1n) is 7.59. The molecule has 0 radical (unpaired) electrons. The minimum atomic E-state index is -0.613. The fraction of sp³-hybridized carbons (Fsp3) is 0.471. The summed E-state index contributed by atoms with van der Waals surface area (Å²) < 4.78 is 15.9. The first-order valence-corrected chi connectivity index (χ1v) is 7.59. The predicted molar refractivity (Wildman–Crippen MR) is 84.4 cm³/mol. The second-order valence-electron chi connectivity index (χ2n) is 6.21. The molecule has 0 aliphatic carbocycles. The second kappa shape index (κ2) is 6.81. The number of carbonyl (C=O) groups excluding carboxylic acids is 1. The summed E-state index contributed by atoms with van der Waals surface area (Å²) in [5.74, 6) is 1.13. The van der Waals surface area contributed by atoms with Gasteiger partial charge in [0.05, 0.1) is 12.2 Å². The summed E-state index contributed by atoms with van der Waals surface area (Å²) in [6.07, 6.45) is -0.613. The molecule has 0 amide bonds. The molecule has 0 aliphatic heterocycles. The van der Waals surface area contributed by atoms with E-state index in [0.29, 0.717) is 23.7 Å². The Morgan fingerprint density at radius 2 is 1.91 bits per heavy atom. The molecule has 2 rings (SSSR count). The minimum Gasteiger partial charge on any atom is -0.494 e. The average molecular weight is 318 g/mol. The van der Waals surface area contributed by atoms with E-state index < -0.39 is 12.1 Å². The van der Waals surface area contributed by atoms with Crippen LogP contribution in [0.2, 0.25) is 0 Å². The molecule has 23 heavy (non-hydrogen) atoms. The van der Waals surface area contributed by atoms with Crippen LogP contribution >= 0.6 is 0 Å². The van der Waals surface area contributed by atoms with Crippen molar-refractivity contribution in [2.24, 2.45) is 0 Å². The van der Waals surface area contributed by atoms with E-state index in [1.807, 2.05) is 27.7 Å². The molecule has 6 nitrogen and oxygen atoms in total. The SMILES string of the molecule is CCOc1ccc(C(=O)OC(C)c2nc(C(C)(C)C)no2)cc1. The third-order valence-electron chi connectivity index (χ3n) is 3.15. The number of rotatable bonds is 5. The Bertz CT molecular complexity index is 656. The van der Waals surface area contributed by atoms with Gasteiger partial charge in [0.2, 0.25) is 0 Å². The van der Waals surface area contributed by atoms with E-state index in [0.717, 1.165) is 0 Å². The first kappa shape index (κ1) is 17.0. The van der Waals surface area contributed by atoms with Gasteiger partial charge >= 0.3 is 5.97 Å². The smallest absolute Gasteiger partial charge is 0.338 e. The predicted octanol–water partition coefficient (Wildman–Crippen LogP) is 3.68. The van der Waals surface area contributed by atoms with Crippen LogP contribution in [0.4, 0.5) is 0 Å². The Balaban J connectivity index is 2.03. The van der Waals surface area contributed by atoms with Crippen molar-refractivity contribution in [3.8, 4) is 5.75 Å². The van der Waals surface area contributed by atoms with Gasteiger partial charge in [-0.15, -0.1) is 0 Å². The van der Waals surface area contributed by atoms with Crippen LogP contribution in [0.25, 0.3) is 0 Å². The van der Waals surface area contributed by atoms with Crippen molar-refractivity contribution >= 4 is 5.97 Å². The van der Waals surface area contributed by atoms with Gasteiger partial charge in [-0.25, -0.2) is 4.79 Å². The van der Waals surface area contributed by atoms with E-state index >= 15 is 0 Å². The lowest BCUT2D eigenvalue weighted by Gasteiger charge is -2.12. The van der Waals surface area contributed by atoms with E-state index in [1.165, 1.54) is 0 Å². The molecular weight excluding hydrogens is 296 g/mol. The zero-order valence-electron chi connectivity index (χ0n) is 14.1. The molecule has 1 atom stereocenters. The van der Waals surface area contributed by atoms with E-state index in [9.17, 15) is 4.79 Å². The summed E-state index contributed by atoms with van der Waals surface area (Å²) in [5.41, 5.74) is 0.219. The van der Waals surface area contributed by atoms with Crippen LogP contribution in [0.1, 0.15) is 62.8 Å². The van der Waals surface area contributed by atoms with Crippen LogP contribution in [-0.2, 0) is 10.2 Å². The van der Waals surface area contributed by atoms with Gasteiger partial charge in [0.25, 0.3) is 5.89 Å². The van der Waals surface area contributed by atoms with Gasteiger partial charge in [-0.05, 0) is 38.1 Å². The average Bonchev–Trinajstić information content (AvgIpc) is 2.98. The molecular formula is C17H22N2O4. The summed E-state index contributed by atoms with van der Waals surface area (Å²) in [6.45, 7) is 10.1. The number of aromatic nitrogens is 2. The molecule has 0 N–H and O–H groups in total. The number of carbonyl (C=O) groups is 1. The zero-order chi connectivity index (χ0) is 17.0. The van der Waals surface area contributed by atoms with Gasteiger partial charge in [0, 0.05) is 5.41 Å². The van der Waals surface area contributed by atoms with Crippen LogP contribution in [0.3, 0.4) is 0 Å². The molecule has 0 bridgehead atoms. The molecule has 0 fully saturated rings. The van der Waals surface area contributed by atoms with Gasteiger partial charge in [0.15, 0.2) is 11.9 Å². The lowest BCUT2D eigenvalue weighted by molar-refractivity contribution is 0.0265. The minimum absolute atomic E-state index is 0.222. The fourth-order valence-corrected chi connectivity index (χ4v) is 1.84. The van der Waals surface area contributed by atoms with E-state index in [-0.39, 0.29) is 11.3 Å². The Labute approximate surface area is 135 Å². The number of esters is 1. The number of hydrogen-bond acceptors (Lipinski definition) is 6. The highest BCUT2D eigenvalue weighted by Gasteiger charge is 2.25. The maximum Gasteiger partial charge on any atom is 0.338 e. The third kappa shape index (κ3) is 4.31. The maximum atomic E-state index is 12.1. The topological polar surface area (TPSA) is 74.5 Å². The molecule has 0 aliphatic rings. The maximum absolute atomic E-state index is 12.1. The van der Waals surface area contributed by atoms with Crippen molar-refractivity contribution in [3.05, 3.63) is 41.5 Å². The Kier molecular flexibility index (Phi) is 5.03. The van der Waals surface area contributed by atoms with Crippen LogP contribution in [-0.4, -0.2) is 22.7 Å². The van der Waals surface area contributed by atoms with Gasteiger partial charge in [-0.3, -0.25) is 0 Å². The summed E-state index contributed by atoms with van der Waals surface area (Å²) in [5, 5.41) is 3.93. The monoisotopic (exact) mass is 318 g/mol. The highest BCUT2D eigenvalue weighted by molar-refractivity contribution is 5.89. The molecule has 2 aromatic rings. The van der Waals surface area contributed by atoms with Crippen LogP contribution in [0, 0.1) is 0 Å². The van der Waals surface area contributed by atoms with E-state index in [4.69, 9.17) is 14.0 Å². The molecule has 0 spiro atoms. The number of nitrogens with zero attached hydrogens (tertiary/aromatic N) is 2. The van der Waals surface area contributed by atoms with Crippen molar-refractivity contribution < 1.29 is 18.8 Å². The van der Waals surface area contributed by atoms with Crippen molar-refractivity contribution in [3.63, 3.8) is 0 Å². The highest BCUT2D eigenvalue weighted by atomic mass is 16.6. The number of hydrogen-bond donors (Lipinski definition) is 0. The summed E-state index contributed by atoms with van der Waals surface area (Å²) in [7, 11) is 0. The van der Waals surface area contributed by atoms with Crippen LogP contribution < -0.4 is 4.74 Å². The highest BCUT2D eigenvalue weighted by Crippen LogP contribution is 2.23. The Morgan fingerprint density at radius 3 is 2.43 bits per heavy atom. The number of benzene rings is 1. The summed E-state index contributed by atoms with van der Waals surface area (Å²) >= 11 is 0. The molecule has 0 saturated carbocycles. The lowest BCUT2D eigenvalue weighted by Crippen LogP contribution is -2.14. The summed E-state index contributed by atoms with van der Waals surface area (Å²) in [6, 6.07) is 6.78. The molecule has 1 aromatic heterocycles. The van der Waals surface area contributed by atoms with Crippen molar-refractivity contribution in [1.82, 2.24) is 10.1 Å². The first-order chi connectivity index (χ1) is 10.8. The molecule has 0 saturated heterocycles. The van der Waals surface area contributed by atoms with E-state index in [2.05, 4.69) is 10.1 Å². The molecule has 1 aromatic carbocycles. The summed E-state index contributed by atoms with van der Waals surface area (Å²) in [4.78, 5) is 16.4. The van der Waals surface area contributed by atoms with Gasteiger partial charge in [0.1, 0.15) is 5.75 Å². The van der Waals surface area contributed by atoms with E-state index in [1.54, 1.807) is 31.2 Å². The van der Waals surface area contributed by atoms with Crippen molar-refractivity contribution in [2.45, 2.75) is 46.1 Å². The normalized spacial score (nSPS) is 12.7. The lowest BCUT2D eigenvalue weighted by atomic mass is 9.96. The van der Waals surface area contributed by atoms with Gasteiger partial charge < -0.3 is 14.0 Å². The quantitative estimate of drug-likeness (QED) is 0.783.